The second-order valence-corrected chi connectivity index (χ2v) is 5.54. The van der Waals surface area contributed by atoms with Crippen LogP contribution in [0.25, 0.3) is 0 Å². The third-order valence-corrected chi connectivity index (χ3v) is 4.39. The maximum atomic E-state index is 6.38. The van der Waals surface area contributed by atoms with E-state index in [2.05, 4.69) is 17.3 Å². The van der Waals surface area contributed by atoms with E-state index >= 15 is 0 Å². The largest absolute Gasteiger partial charge is 0.377 e. The van der Waals surface area contributed by atoms with Crippen molar-refractivity contribution in [3.05, 3.63) is 16.4 Å². The highest BCUT2D eigenvalue weighted by Crippen LogP contribution is 2.24. The summed E-state index contributed by atoms with van der Waals surface area (Å²) in [5.74, 6) is 0. The molecule has 0 spiro atoms. The zero-order chi connectivity index (χ0) is 13.8. The molecular formula is C14H24ClN3O. The van der Waals surface area contributed by atoms with Gasteiger partial charge in [-0.15, -0.1) is 0 Å². The van der Waals surface area contributed by atoms with Crippen molar-refractivity contribution in [1.82, 2.24) is 15.1 Å². The number of hydrogen-bond donors (Lipinski definition) is 1. The van der Waals surface area contributed by atoms with Crippen LogP contribution in [0.15, 0.2) is 0 Å². The highest BCUT2D eigenvalue weighted by molar-refractivity contribution is 6.31. The van der Waals surface area contributed by atoms with Crippen LogP contribution in [-0.2, 0) is 17.7 Å². The molecule has 1 N–H and O–H groups in total. The van der Waals surface area contributed by atoms with E-state index in [9.17, 15) is 0 Å². The smallest absolute Gasteiger partial charge is 0.0847 e. The fraction of sp³-hybridized carbons (Fsp3) is 0.786. The lowest BCUT2D eigenvalue weighted by Gasteiger charge is -2.30. The molecule has 2 rings (SSSR count). The molecule has 1 aliphatic rings. The number of rotatable bonds is 5. The molecular weight excluding hydrogens is 262 g/mol. The summed E-state index contributed by atoms with van der Waals surface area (Å²) < 4.78 is 7.89. The van der Waals surface area contributed by atoms with E-state index in [-0.39, 0.29) is 6.10 Å². The zero-order valence-corrected chi connectivity index (χ0v) is 12.8. The SMILES string of the molecule is CCn1nc(C)c(Cl)c1CC(NC)C1CCCCO1. The number of nitrogens with one attached hydrogen (secondary N) is 1. The first-order valence-corrected chi connectivity index (χ1v) is 7.55. The van der Waals surface area contributed by atoms with Crippen LogP contribution >= 0.6 is 11.6 Å². The van der Waals surface area contributed by atoms with Gasteiger partial charge < -0.3 is 10.1 Å². The van der Waals surface area contributed by atoms with Gasteiger partial charge in [-0.1, -0.05) is 11.6 Å². The average molecular weight is 286 g/mol. The van der Waals surface area contributed by atoms with Crippen molar-refractivity contribution in [2.24, 2.45) is 0 Å². The molecule has 0 saturated carbocycles. The molecule has 0 radical (unpaired) electrons. The third-order valence-electron chi connectivity index (χ3n) is 3.90. The number of aryl methyl sites for hydroxylation is 2. The second kappa shape index (κ2) is 6.73. The predicted molar refractivity (Wildman–Crippen MR) is 77.8 cm³/mol. The quantitative estimate of drug-likeness (QED) is 0.904. The van der Waals surface area contributed by atoms with Crippen molar-refractivity contribution in [3.63, 3.8) is 0 Å². The van der Waals surface area contributed by atoms with Crippen LogP contribution in [-0.4, -0.2) is 35.6 Å². The topological polar surface area (TPSA) is 39.1 Å². The molecule has 2 atom stereocenters. The minimum atomic E-state index is 0.287. The van der Waals surface area contributed by atoms with Gasteiger partial charge in [-0.3, -0.25) is 4.68 Å². The minimum absolute atomic E-state index is 0.287. The monoisotopic (exact) mass is 285 g/mol. The molecule has 0 aromatic carbocycles. The predicted octanol–water partition coefficient (Wildman–Crippen LogP) is 2.56. The highest BCUT2D eigenvalue weighted by Gasteiger charge is 2.26. The second-order valence-electron chi connectivity index (χ2n) is 5.17. The van der Waals surface area contributed by atoms with Gasteiger partial charge in [-0.2, -0.15) is 5.10 Å². The van der Waals surface area contributed by atoms with Crippen LogP contribution in [0.1, 0.15) is 37.6 Å². The Morgan fingerprint density at radius 2 is 2.32 bits per heavy atom. The molecule has 2 unspecified atom stereocenters. The molecule has 1 aromatic heterocycles. The normalized spacial score (nSPS) is 21.6. The summed E-state index contributed by atoms with van der Waals surface area (Å²) in [6.45, 7) is 5.79. The maximum absolute atomic E-state index is 6.38. The molecule has 5 heteroatoms. The summed E-state index contributed by atoms with van der Waals surface area (Å²) in [4.78, 5) is 0. The van der Waals surface area contributed by atoms with Crippen LogP contribution in [0, 0.1) is 6.92 Å². The van der Waals surface area contributed by atoms with Gasteiger partial charge in [0, 0.05) is 25.6 Å². The molecule has 0 amide bonds. The van der Waals surface area contributed by atoms with Crippen LogP contribution in [0.4, 0.5) is 0 Å². The van der Waals surface area contributed by atoms with E-state index in [4.69, 9.17) is 16.3 Å². The molecule has 19 heavy (non-hydrogen) atoms. The average Bonchev–Trinajstić information content (AvgIpc) is 2.72. The van der Waals surface area contributed by atoms with Crippen molar-refractivity contribution < 1.29 is 4.74 Å². The van der Waals surface area contributed by atoms with Crippen LogP contribution in [0.5, 0.6) is 0 Å². The standard InChI is InChI=1S/C14H24ClN3O/c1-4-18-12(14(15)10(2)17-18)9-11(16-3)13-7-5-6-8-19-13/h11,13,16H,4-9H2,1-3H3. The lowest BCUT2D eigenvalue weighted by atomic mass is 9.98. The van der Waals surface area contributed by atoms with E-state index in [1.165, 1.54) is 12.8 Å². The highest BCUT2D eigenvalue weighted by atomic mass is 35.5. The van der Waals surface area contributed by atoms with Gasteiger partial charge in [0.25, 0.3) is 0 Å². The summed E-state index contributed by atoms with van der Waals surface area (Å²) in [6.07, 6.45) is 4.72. The number of halogens is 1. The molecule has 1 saturated heterocycles. The van der Waals surface area contributed by atoms with Crippen molar-refractivity contribution in [2.75, 3.05) is 13.7 Å². The minimum Gasteiger partial charge on any atom is -0.377 e. The van der Waals surface area contributed by atoms with Crippen molar-refractivity contribution in [2.45, 2.75) is 58.2 Å². The van der Waals surface area contributed by atoms with Crippen LogP contribution in [0.2, 0.25) is 5.02 Å². The van der Waals surface area contributed by atoms with Gasteiger partial charge in [0.1, 0.15) is 0 Å². The summed E-state index contributed by atoms with van der Waals surface area (Å²) >= 11 is 6.38. The fourth-order valence-electron chi connectivity index (χ4n) is 2.77. The number of likely N-dealkylation sites (N-methyl/N-ethyl adjacent to an activating group) is 1. The Balaban J connectivity index is 2.13. The third kappa shape index (κ3) is 3.30. The molecule has 1 aliphatic heterocycles. The number of nitrogens with zero attached hydrogens (tertiary/aromatic N) is 2. The van der Waals surface area contributed by atoms with Gasteiger partial charge in [0.2, 0.25) is 0 Å². The van der Waals surface area contributed by atoms with E-state index in [1.54, 1.807) is 0 Å². The Labute approximate surface area is 120 Å². The first-order valence-electron chi connectivity index (χ1n) is 7.18. The van der Waals surface area contributed by atoms with Gasteiger partial charge in [-0.25, -0.2) is 0 Å². The van der Waals surface area contributed by atoms with Gasteiger partial charge in [-0.05, 0) is 40.2 Å². The first-order chi connectivity index (χ1) is 9.17. The Morgan fingerprint density at radius 1 is 1.53 bits per heavy atom. The van der Waals surface area contributed by atoms with Gasteiger partial charge >= 0.3 is 0 Å². The number of aromatic nitrogens is 2. The number of ether oxygens (including phenoxy) is 1. The molecule has 4 nitrogen and oxygen atoms in total. The molecule has 0 aliphatic carbocycles. The zero-order valence-electron chi connectivity index (χ0n) is 12.1. The van der Waals surface area contributed by atoms with E-state index in [0.717, 1.165) is 42.4 Å². The van der Waals surface area contributed by atoms with Crippen LogP contribution in [0.3, 0.4) is 0 Å². The molecule has 1 fully saturated rings. The lowest BCUT2D eigenvalue weighted by Crippen LogP contribution is -2.43. The number of hydrogen-bond acceptors (Lipinski definition) is 3. The van der Waals surface area contributed by atoms with E-state index < -0.39 is 0 Å². The molecule has 2 heterocycles. The van der Waals surface area contributed by atoms with Gasteiger partial charge in [0.15, 0.2) is 0 Å². The van der Waals surface area contributed by atoms with Crippen molar-refractivity contribution in [1.29, 1.82) is 0 Å². The Bertz CT molecular complexity index is 413. The summed E-state index contributed by atoms with van der Waals surface area (Å²) in [5, 5.41) is 8.66. The summed E-state index contributed by atoms with van der Waals surface area (Å²) in [5.41, 5.74) is 2.04. The molecule has 1 aromatic rings. The first kappa shape index (κ1) is 14.8. The van der Waals surface area contributed by atoms with Crippen molar-refractivity contribution >= 4 is 11.6 Å². The molecule has 0 bridgehead atoms. The van der Waals surface area contributed by atoms with E-state index in [0.29, 0.717) is 6.04 Å². The van der Waals surface area contributed by atoms with Crippen LogP contribution < -0.4 is 5.32 Å². The Kier molecular flexibility index (Phi) is 5.25. The summed E-state index contributed by atoms with van der Waals surface area (Å²) in [7, 11) is 2.00. The maximum Gasteiger partial charge on any atom is 0.0847 e. The lowest BCUT2D eigenvalue weighted by molar-refractivity contribution is -0.00623. The Hall–Kier alpha value is -0.580. The Morgan fingerprint density at radius 3 is 2.89 bits per heavy atom. The molecule has 108 valence electrons. The van der Waals surface area contributed by atoms with Crippen molar-refractivity contribution in [3.8, 4) is 0 Å². The van der Waals surface area contributed by atoms with Gasteiger partial charge in [0.05, 0.1) is 22.5 Å². The summed E-state index contributed by atoms with van der Waals surface area (Å²) in [6, 6.07) is 0.305. The fourth-order valence-corrected chi connectivity index (χ4v) is 2.99. The van der Waals surface area contributed by atoms with E-state index in [1.807, 2.05) is 18.7 Å².